The first-order valence-corrected chi connectivity index (χ1v) is 7.91. The van der Waals surface area contributed by atoms with Gasteiger partial charge in [0.15, 0.2) is 9.84 Å². The Labute approximate surface area is 101 Å². The van der Waals surface area contributed by atoms with Crippen LogP contribution in [-0.2, 0) is 9.84 Å². The van der Waals surface area contributed by atoms with Crippen molar-refractivity contribution in [2.45, 2.75) is 23.6 Å². The van der Waals surface area contributed by atoms with Gasteiger partial charge < -0.3 is 5.73 Å². The zero-order chi connectivity index (χ0) is 12.3. The van der Waals surface area contributed by atoms with Crippen molar-refractivity contribution in [1.82, 2.24) is 0 Å². The van der Waals surface area contributed by atoms with Gasteiger partial charge in [-0.1, -0.05) is 13.8 Å². The normalized spacial score (nSPS) is 12.0. The van der Waals surface area contributed by atoms with E-state index >= 15 is 0 Å². The van der Waals surface area contributed by atoms with Gasteiger partial charge in [0.2, 0.25) is 0 Å². The average molecular weight is 259 g/mol. The summed E-state index contributed by atoms with van der Waals surface area (Å²) in [5, 5.41) is 0. The maximum absolute atomic E-state index is 11.3. The molecule has 0 amide bonds. The summed E-state index contributed by atoms with van der Waals surface area (Å²) < 4.78 is 22.6. The van der Waals surface area contributed by atoms with E-state index in [1.54, 1.807) is 23.9 Å². The number of thioether (sulfide) groups is 1. The minimum Gasteiger partial charge on any atom is -0.398 e. The number of hydrogen-bond acceptors (Lipinski definition) is 4. The van der Waals surface area contributed by atoms with E-state index in [-0.39, 0.29) is 4.90 Å². The van der Waals surface area contributed by atoms with Crippen LogP contribution in [0.15, 0.2) is 28.0 Å². The molecule has 1 aromatic rings. The summed E-state index contributed by atoms with van der Waals surface area (Å²) in [5.41, 5.74) is 6.35. The Morgan fingerprint density at radius 1 is 1.38 bits per heavy atom. The summed E-state index contributed by atoms with van der Waals surface area (Å²) in [6, 6.07) is 4.91. The van der Waals surface area contributed by atoms with Crippen molar-refractivity contribution in [2.75, 3.05) is 17.7 Å². The van der Waals surface area contributed by atoms with Gasteiger partial charge in [0.05, 0.1) is 4.90 Å². The van der Waals surface area contributed by atoms with E-state index in [0.717, 1.165) is 10.6 Å². The first-order chi connectivity index (χ1) is 7.30. The maximum atomic E-state index is 11.3. The van der Waals surface area contributed by atoms with E-state index in [2.05, 4.69) is 13.8 Å². The van der Waals surface area contributed by atoms with Crippen molar-refractivity contribution < 1.29 is 8.42 Å². The number of sulfone groups is 1. The Bertz CT molecular complexity index is 467. The Morgan fingerprint density at radius 3 is 2.44 bits per heavy atom. The van der Waals surface area contributed by atoms with E-state index in [1.807, 2.05) is 0 Å². The largest absolute Gasteiger partial charge is 0.398 e. The standard InChI is InChI=1S/C11H17NO2S2/c1-8(2)7-15-11-5-4-9(6-10(11)12)16(3,13)14/h4-6,8H,7,12H2,1-3H3. The van der Waals surface area contributed by atoms with Gasteiger partial charge in [0.25, 0.3) is 0 Å². The molecule has 1 aromatic carbocycles. The lowest BCUT2D eigenvalue weighted by molar-refractivity contribution is 0.602. The molecular weight excluding hydrogens is 242 g/mol. The number of nitrogens with two attached hydrogens (primary N) is 1. The Kier molecular flexibility index (Phi) is 4.27. The lowest BCUT2D eigenvalue weighted by Gasteiger charge is -2.08. The predicted octanol–water partition coefficient (Wildman–Crippen LogP) is 2.42. The summed E-state index contributed by atoms with van der Waals surface area (Å²) in [5.74, 6) is 1.56. The van der Waals surface area contributed by atoms with Crippen LogP contribution in [-0.4, -0.2) is 20.4 Å². The van der Waals surface area contributed by atoms with Gasteiger partial charge in [-0.15, -0.1) is 11.8 Å². The zero-order valence-electron chi connectivity index (χ0n) is 9.73. The number of hydrogen-bond donors (Lipinski definition) is 1. The lowest BCUT2D eigenvalue weighted by atomic mass is 10.3. The third-order valence-corrected chi connectivity index (χ3v) is 4.61. The summed E-state index contributed by atoms with van der Waals surface area (Å²) in [7, 11) is -3.16. The summed E-state index contributed by atoms with van der Waals surface area (Å²) >= 11 is 1.65. The van der Waals surface area contributed by atoms with E-state index < -0.39 is 9.84 Å². The fourth-order valence-electron chi connectivity index (χ4n) is 1.15. The molecule has 0 bridgehead atoms. The van der Waals surface area contributed by atoms with Crippen LogP contribution < -0.4 is 5.73 Å². The number of rotatable bonds is 4. The van der Waals surface area contributed by atoms with E-state index in [4.69, 9.17) is 5.73 Å². The van der Waals surface area contributed by atoms with Crippen LogP contribution in [0.4, 0.5) is 5.69 Å². The van der Waals surface area contributed by atoms with Crippen molar-refractivity contribution in [3.05, 3.63) is 18.2 Å². The van der Waals surface area contributed by atoms with Crippen molar-refractivity contribution in [1.29, 1.82) is 0 Å². The van der Waals surface area contributed by atoms with Gasteiger partial charge in [-0.2, -0.15) is 0 Å². The van der Waals surface area contributed by atoms with Gasteiger partial charge in [-0.05, 0) is 24.1 Å². The second kappa shape index (κ2) is 5.10. The molecular formula is C11H17NO2S2. The van der Waals surface area contributed by atoms with Gasteiger partial charge in [-0.25, -0.2) is 8.42 Å². The lowest BCUT2D eigenvalue weighted by Crippen LogP contribution is -2.00. The molecule has 2 N–H and O–H groups in total. The Balaban J connectivity index is 2.92. The number of anilines is 1. The van der Waals surface area contributed by atoms with Crippen LogP contribution in [0.25, 0.3) is 0 Å². The molecule has 0 saturated carbocycles. The molecule has 90 valence electrons. The molecule has 0 radical (unpaired) electrons. The van der Waals surface area contributed by atoms with Crippen molar-refractivity contribution >= 4 is 27.3 Å². The fraction of sp³-hybridized carbons (Fsp3) is 0.455. The molecule has 0 fully saturated rings. The zero-order valence-corrected chi connectivity index (χ0v) is 11.4. The van der Waals surface area contributed by atoms with Crippen molar-refractivity contribution in [2.24, 2.45) is 5.92 Å². The van der Waals surface area contributed by atoms with Crippen LogP contribution in [0, 0.1) is 5.92 Å². The first-order valence-electron chi connectivity index (χ1n) is 5.03. The second-order valence-corrected chi connectivity index (χ2v) is 7.25. The molecule has 0 atom stereocenters. The highest BCUT2D eigenvalue weighted by Crippen LogP contribution is 2.28. The molecule has 1 rings (SSSR count). The quantitative estimate of drug-likeness (QED) is 0.666. The average Bonchev–Trinajstić information content (AvgIpc) is 2.14. The third-order valence-electron chi connectivity index (χ3n) is 1.98. The molecule has 0 spiro atoms. The van der Waals surface area contributed by atoms with Crippen LogP contribution >= 0.6 is 11.8 Å². The Morgan fingerprint density at radius 2 is 2.00 bits per heavy atom. The molecule has 0 saturated heterocycles. The van der Waals surface area contributed by atoms with Gasteiger partial charge in [0.1, 0.15) is 0 Å². The molecule has 3 nitrogen and oxygen atoms in total. The van der Waals surface area contributed by atoms with Crippen LogP contribution in [0.2, 0.25) is 0 Å². The molecule has 0 aliphatic heterocycles. The van der Waals surface area contributed by atoms with E-state index in [9.17, 15) is 8.42 Å². The number of benzene rings is 1. The van der Waals surface area contributed by atoms with Crippen molar-refractivity contribution in [3.63, 3.8) is 0 Å². The van der Waals surface area contributed by atoms with Crippen LogP contribution in [0.1, 0.15) is 13.8 Å². The highest BCUT2D eigenvalue weighted by molar-refractivity contribution is 7.99. The molecule has 0 aliphatic rings. The Hall–Kier alpha value is -0.680. The smallest absolute Gasteiger partial charge is 0.175 e. The third kappa shape index (κ3) is 3.72. The summed E-state index contributed by atoms with van der Waals surface area (Å²) in [6.07, 6.45) is 1.18. The van der Waals surface area contributed by atoms with Gasteiger partial charge in [-0.3, -0.25) is 0 Å². The first kappa shape index (κ1) is 13.4. The maximum Gasteiger partial charge on any atom is 0.175 e. The highest BCUT2D eigenvalue weighted by Gasteiger charge is 2.09. The molecule has 0 aromatic heterocycles. The van der Waals surface area contributed by atoms with Crippen LogP contribution in [0.3, 0.4) is 0 Å². The minimum atomic E-state index is -3.16. The predicted molar refractivity (Wildman–Crippen MR) is 69.5 cm³/mol. The van der Waals surface area contributed by atoms with Gasteiger partial charge >= 0.3 is 0 Å². The van der Waals surface area contributed by atoms with Crippen LogP contribution in [0.5, 0.6) is 0 Å². The van der Waals surface area contributed by atoms with Gasteiger partial charge in [0, 0.05) is 22.6 Å². The molecule has 16 heavy (non-hydrogen) atoms. The van der Waals surface area contributed by atoms with E-state index in [0.29, 0.717) is 11.6 Å². The summed E-state index contributed by atoms with van der Waals surface area (Å²) in [4.78, 5) is 1.22. The minimum absolute atomic E-state index is 0.277. The molecule has 5 heteroatoms. The van der Waals surface area contributed by atoms with E-state index in [1.165, 1.54) is 12.3 Å². The fourth-order valence-corrected chi connectivity index (χ4v) is 2.70. The SMILES string of the molecule is CC(C)CSc1ccc(S(C)(=O)=O)cc1N. The monoisotopic (exact) mass is 259 g/mol. The van der Waals surface area contributed by atoms with Crippen molar-refractivity contribution in [3.8, 4) is 0 Å². The summed E-state index contributed by atoms with van der Waals surface area (Å²) in [6.45, 7) is 4.27. The molecule has 0 aliphatic carbocycles. The topological polar surface area (TPSA) is 60.2 Å². The highest BCUT2D eigenvalue weighted by atomic mass is 32.2. The molecule has 0 unspecified atom stereocenters. The molecule has 0 heterocycles. The second-order valence-electron chi connectivity index (χ2n) is 4.18. The number of nitrogen functional groups attached to an aromatic ring is 1.